The van der Waals surface area contributed by atoms with E-state index in [9.17, 15) is 9.18 Å². The second-order valence-corrected chi connectivity index (χ2v) is 3.63. The van der Waals surface area contributed by atoms with Crippen LogP contribution in [0.5, 0.6) is 0 Å². The van der Waals surface area contributed by atoms with Crippen molar-refractivity contribution in [2.24, 2.45) is 0 Å². The molecule has 16 heavy (non-hydrogen) atoms. The minimum Gasteiger partial charge on any atom is -0.456 e. The molecule has 4 nitrogen and oxygen atoms in total. The zero-order valence-corrected chi connectivity index (χ0v) is 8.61. The molecule has 1 aliphatic rings. The number of carbonyl (C=O) groups is 1. The molecule has 1 unspecified atom stereocenters. The molecule has 2 N–H and O–H groups in total. The molecule has 86 valence electrons. The summed E-state index contributed by atoms with van der Waals surface area (Å²) in [5, 5.41) is 0. The van der Waals surface area contributed by atoms with Crippen molar-refractivity contribution in [1.29, 1.82) is 0 Å². The average molecular weight is 225 g/mol. The summed E-state index contributed by atoms with van der Waals surface area (Å²) in [6.45, 7) is 0.997. The van der Waals surface area contributed by atoms with E-state index in [-0.39, 0.29) is 17.4 Å². The highest BCUT2D eigenvalue weighted by molar-refractivity contribution is 5.90. The van der Waals surface area contributed by atoms with E-state index in [0.29, 0.717) is 19.6 Å². The van der Waals surface area contributed by atoms with Gasteiger partial charge in [0, 0.05) is 6.42 Å². The number of carbonyl (C=O) groups excluding carboxylic acids is 1. The van der Waals surface area contributed by atoms with Crippen molar-refractivity contribution in [3.05, 3.63) is 29.6 Å². The summed E-state index contributed by atoms with van der Waals surface area (Å²) < 4.78 is 23.3. The number of ether oxygens (including phenoxy) is 2. The number of hydrogen-bond donors (Lipinski definition) is 1. The van der Waals surface area contributed by atoms with Gasteiger partial charge < -0.3 is 15.2 Å². The van der Waals surface area contributed by atoms with E-state index in [1.54, 1.807) is 0 Å². The lowest BCUT2D eigenvalue weighted by Crippen LogP contribution is -2.18. The minimum absolute atomic E-state index is 0.0146. The maximum absolute atomic E-state index is 13.1. The van der Waals surface area contributed by atoms with Gasteiger partial charge in [0.25, 0.3) is 0 Å². The molecular formula is C11H12FNO3. The number of nitrogen functional groups attached to an aromatic ring is 1. The highest BCUT2D eigenvalue weighted by Gasteiger charge is 2.21. The molecule has 1 fully saturated rings. The van der Waals surface area contributed by atoms with Crippen LogP contribution in [0.3, 0.4) is 0 Å². The van der Waals surface area contributed by atoms with E-state index >= 15 is 0 Å². The molecule has 0 radical (unpaired) electrons. The summed E-state index contributed by atoms with van der Waals surface area (Å²) in [6, 6.07) is 3.86. The predicted molar refractivity (Wildman–Crippen MR) is 55.5 cm³/mol. The van der Waals surface area contributed by atoms with Crippen LogP contribution in [-0.4, -0.2) is 25.3 Å². The Morgan fingerprint density at radius 1 is 1.56 bits per heavy atom. The van der Waals surface area contributed by atoms with Gasteiger partial charge >= 0.3 is 5.97 Å². The molecule has 0 spiro atoms. The predicted octanol–water partition coefficient (Wildman–Crippen LogP) is 1.35. The highest BCUT2D eigenvalue weighted by atomic mass is 19.1. The van der Waals surface area contributed by atoms with E-state index in [0.717, 1.165) is 6.07 Å². The zero-order valence-electron chi connectivity index (χ0n) is 8.61. The van der Waals surface area contributed by atoms with Gasteiger partial charge in [-0.1, -0.05) is 0 Å². The van der Waals surface area contributed by atoms with Crippen molar-refractivity contribution in [3.63, 3.8) is 0 Å². The van der Waals surface area contributed by atoms with Crippen LogP contribution >= 0.6 is 0 Å². The van der Waals surface area contributed by atoms with Crippen molar-refractivity contribution in [2.75, 3.05) is 18.9 Å². The molecule has 0 saturated carbocycles. The smallest absolute Gasteiger partial charge is 0.338 e. The first-order valence-corrected chi connectivity index (χ1v) is 5.00. The van der Waals surface area contributed by atoms with E-state index in [1.807, 2.05) is 0 Å². The van der Waals surface area contributed by atoms with Crippen LogP contribution in [0.4, 0.5) is 10.1 Å². The Morgan fingerprint density at radius 3 is 3.00 bits per heavy atom. The highest BCUT2D eigenvalue weighted by Crippen LogP contribution is 2.15. The van der Waals surface area contributed by atoms with Crippen LogP contribution in [0.25, 0.3) is 0 Å². The summed E-state index contributed by atoms with van der Waals surface area (Å²) in [7, 11) is 0. The van der Waals surface area contributed by atoms with Gasteiger partial charge in [-0.2, -0.15) is 0 Å². The molecule has 1 aromatic rings. The van der Waals surface area contributed by atoms with Crippen LogP contribution in [0.2, 0.25) is 0 Å². The van der Waals surface area contributed by atoms with Gasteiger partial charge in [-0.25, -0.2) is 9.18 Å². The number of nitrogens with two attached hydrogens (primary N) is 1. The van der Waals surface area contributed by atoms with Crippen LogP contribution in [0, 0.1) is 5.82 Å². The first-order chi connectivity index (χ1) is 7.66. The Bertz CT molecular complexity index is 402. The number of hydrogen-bond acceptors (Lipinski definition) is 4. The second kappa shape index (κ2) is 4.49. The molecule has 1 heterocycles. The largest absolute Gasteiger partial charge is 0.456 e. The van der Waals surface area contributed by atoms with E-state index in [2.05, 4.69) is 0 Å². The fraction of sp³-hybridized carbons (Fsp3) is 0.364. The van der Waals surface area contributed by atoms with Crippen LogP contribution in [0.1, 0.15) is 16.8 Å². The van der Waals surface area contributed by atoms with Crippen molar-refractivity contribution >= 4 is 11.7 Å². The molecule has 1 saturated heterocycles. The van der Waals surface area contributed by atoms with Gasteiger partial charge in [-0.15, -0.1) is 0 Å². The zero-order chi connectivity index (χ0) is 11.5. The van der Waals surface area contributed by atoms with E-state index in [1.165, 1.54) is 12.1 Å². The Morgan fingerprint density at radius 2 is 2.38 bits per heavy atom. The summed E-state index contributed by atoms with van der Waals surface area (Å²) in [6.07, 6.45) is 0.455. The van der Waals surface area contributed by atoms with Gasteiger partial charge in [0.2, 0.25) is 0 Å². The number of anilines is 1. The van der Waals surface area contributed by atoms with Crippen LogP contribution < -0.4 is 5.73 Å². The molecule has 0 amide bonds. The fourth-order valence-corrected chi connectivity index (χ4v) is 1.48. The average Bonchev–Trinajstić information content (AvgIpc) is 2.74. The molecule has 2 rings (SSSR count). The Kier molecular flexibility index (Phi) is 3.05. The lowest BCUT2D eigenvalue weighted by Gasteiger charge is -2.10. The normalized spacial score (nSPS) is 19.7. The molecule has 0 bridgehead atoms. The minimum atomic E-state index is -0.614. The Hall–Kier alpha value is -1.62. The van der Waals surface area contributed by atoms with Crippen molar-refractivity contribution in [3.8, 4) is 0 Å². The first-order valence-electron chi connectivity index (χ1n) is 5.00. The van der Waals surface area contributed by atoms with Gasteiger partial charge in [0.1, 0.15) is 11.9 Å². The summed E-state index contributed by atoms with van der Waals surface area (Å²) in [5.74, 6) is -1.16. The summed E-state index contributed by atoms with van der Waals surface area (Å²) >= 11 is 0. The van der Waals surface area contributed by atoms with Gasteiger partial charge in [-0.05, 0) is 18.2 Å². The number of rotatable bonds is 2. The lowest BCUT2D eigenvalue weighted by atomic mass is 10.2. The molecule has 0 aromatic heterocycles. The first kappa shape index (κ1) is 10.9. The SMILES string of the molecule is Nc1ccc(C(=O)OC2CCOC2)cc1F. The van der Waals surface area contributed by atoms with Crippen molar-refractivity contribution < 1.29 is 18.7 Å². The quantitative estimate of drug-likeness (QED) is 0.609. The van der Waals surface area contributed by atoms with Gasteiger partial charge in [-0.3, -0.25) is 0 Å². The monoisotopic (exact) mass is 225 g/mol. The summed E-state index contributed by atoms with van der Waals surface area (Å²) in [5.41, 5.74) is 5.49. The number of esters is 1. The third-order valence-electron chi connectivity index (χ3n) is 2.40. The van der Waals surface area contributed by atoms with Gasteiger partial charge in [0.05, 0.1) is 24.5 Å². The molecule has 0 aliphatic carbocycles. The molecular weight excluding hydrogens is 213 g/mol. The van der Waals surface area contributed by atoms with Gasteiger partial charge in [0.15, 0.2) is 0 Å². The van der Waals surface area contributed by atoms with Crippen LogP contribution in [0.15, 0.2) is 18.2 Å². The maximum atomic E-state index is 13.1. The number of halogens is 1. The van der Waals surface area contributed by atoms with E-state index in [4.69, 9.17) is 15.2 Å². The molecule has 1 aromatic carbocycles. The van der Waals surface area contributed by atoms with Crippen molar-refractivity contribution in [1.82, 2.24) is 0 Å². The Labute approximate surface area is 92.1 Å². The molecule has 5 heteroatoms. The van der Waals surface area contributed by atoms with E-state index < -0.39 is 11.8 Å². The number of benzene rings is 1. The van der Waals surface area contributed by atoms with Crippen LogP contribution in [-0.2, 0) is 9.47 Å². The fourth-order valence-electron chi connectivity index (χ4n) is 1.48. The second-order valence-electron chi connectivity index (χ2n) is 3.63. The summed E-state index contributed by atoms with van der Waals surface area (Å²) in [4.78, 5) is 11.6. The third kappa shape index (κ3) is 2.30. The maximum Gasteiger partial charge on any atom is 0.338 e. The third-order valence-corrected chi connectivity index (χ3v) is 2.40. The standard InChI is InChI=1S/C11H12FNO3/c12-9-5-7(1-2-10(9)13)11(14)16-8-3-4-15-6-8/h1-2,5,8H,3-4,6,13H2. The molecule has 1 atom stereocenters. The molecule has 1 aliphatic heterocycles. The lowest BCUT2D eigenvalue weighted by molar-refractivity contribution is 0.0270. The Balaban J connectivity index is 2.05. The topological polar surface area (TPSA) is 61.6 Å². The van der Waals surface area contributed by atoms with Crippen molar-refractivity contribution in [2.45, 2.75) is 12.5 Å².